The largest absolute Gasteiger partial charge is 0.350 e. The van der Waals surface area contributed by atoms with Gasteiger partial charge in [0.2, 0.25) is 11.8 Å². The first-order chi connectivity index (χ1) is 14.6. The van der Waals surface area contributed by atoms with Crippen molar-refractivity contribution in [3.05, 3.63) is 47.5 Å². The van der Waals surface area contributed by atoms with Gasteiger partial charge in [-0.05, 0) is 38.1 Å². The minimum Gasteiger partial charge on any atom is -0.350 e. The van der Waals surface area contributed by atoms with Crippen LogP contribution in [-0.4, -0.2) is 62.6 Å². The lowest BCUT2D eigenvalue weighted by atomic mass is 9.95. The average molecular weight is 411 g/mol. The summed E-state index contributed by atoms with van der Waals surface area (Å²) in [6.45, 7) is 3.62. The lowest BCUT2D eigenvalue weighted by Crippen LogP contribution is -2.47. The molecule has 0 saturated carbocycles. The lowest BCUT2D eigenvalue weighted by Gasteiger charge is -2.33. The van der Waals surface area contributed by atoms with Crippen molar-refractivity contribution in [2.24, 2.45) is 7.05 Å². The quantitative estimate of drug-likeness (QED) is 0.806. The molecule has 30 heavy (non-hydrogen) atoms. The number of rotatable bonds is 5. The number of hydrogen-bond donors (Lipinski definition) is 1. The van der Waals surface area contributed by atoms with Crippen LogP contribution in [0.4, 0.5) is 0 Å². The second-order valence-electron chi connectivity index (χ2n) is 8.27. The Bertz CT molecular complexity index is 873. The van der Waals surface area contributed by atoms with Gasteiger partial charge in [0.1, 0.15) is 0 Å². The van der Waals surface area contributed by atoms with Crippen molar-refractivity contribution in [3.8, 4) is 0 Å². The zero-order chi connectivity index (χ0) is 20.9. The summed E-state index contributed by atoms with van der Waals surface area (Å²) in [4.78, 5) is 34.4. The first kappa shape index (κ1) is 20.5. The van der Waals surface area contributed by atoms with Crippen molar-refractivity contribution in [2.45, 2.75) is 44.7 Å². The topological polar surface area (TPSA) is 83.4 Å². The van der Waals surface area contributed by atoms with Crippen LogP contribution in [0.2, 0.25) is 0 Å². The van der Waals surface area contributed by atoms with Crippen LogP contribution in [0.15, 0.2) is 30.6 Å². The molecule has 0 aromatic carbocycles. The molecule has 0 bridgehead atoms. The molecule has 0 spiro atoms. The first-order valence-electron chi connectivity index (χ1n) is 10.8. The van der Waals surface area contributed by atoms with Gasteiger partial charge in [-0.1, -0.05) is 18.9 Å². The van der Waals surface area contributed by atoms with Gasteiger partial charge in [-0.15, -0.1) is 0 Å². The van der Waals surface area contributed by atoms with Gasteiger partial charge in [-0.3, -0.25) is 24.2 Å². The van der Waals surface area contributed by atoms with E-state index >= 15 is 0 Å². The maximum atomic E-state index is 13.1. The van der Waals surface area contributed by atoms with Crippen molar-refractivity contribution in [1.82, 2.24) is 29.9 Å². The van der Waals surface area contributed by atoms with E-state index in [9.17, 15) is 9.59 Å². The molecule has 2 aliphatic rings. The van der Waals surface area contributed by atoms with Crippen molar-refractivity contribution < 1.29 is 9.59 Å². The number of nitrogens with one attached hydrogen (secondary N) is 1. The van der Waals surface area contributed by atoms with Crippen LogP contribution >= 0.6 is 0 Å². The van der Waals surface area contributed by atoms with Gasteiger partial charge in [0, 0.05) is 38.1 Å². The van der Waals surface area contributed by atoms with Gasteiger partial charge >= 0.3 is 0 Å². The van der Waals surface area contributed by atoms with E-state index in [1.807, 2.05) is 36.3 Å². The van der Waals surface area contributed by atoms with E-state index in [0.29, 0.717) is 26.2 Å². The molecular formula is C22H30N6O2. The predicted molar refractivity (Wildman–Crippen MR) is 112 cm³/mol. The molecule has 8 heteroatoms. The van der Waals surface area contributed by atoms with Gasteiger partial charge < -0.3 is 10.2 Å². The summed E-state index contributed by atoms with van der Waals surface area (Å²) in [6, 6.07) is 5.62. The lowest BCUT2D eigenvalue weighted by molar-refractivity contribution is -0.134. The van der Waals surface area contributed by atoms with E-state index in [1.54, 1.807) is 10.9 Å². The number of likely N-dealkylation sites (tertiary alicyclic amines) is 1. The number of carbonyl (C=O) groups is 2. The molecule has 2 amide bonds. The summed E-state index contributed by atoms with van der Waals surface area (Å²) >= 11 is 0. The number of fused-ring (bicyclic) bond motifs is 1. The minimum absolute atomic E-state index is 0.0916. The third-order valence-electron chi connectivity index (χ3n) is 5.93. The van der Waals surface area contributed by atoms with Crippen LogP contribution in [0.25, 0.3) is 0 Å². The highest BCUT2D eigenvalue weighted by atomic mass is 16.2. The SMILES string of the molecule is Cn1cc2c(n1)[C@@H](C(=O)NCc1ccccn1)CN(C(=O)CN1CCCCCC1)C2. The molecule has 4 heterocycles. The molecule has 2 aromatic heterocycles. The molecule has 1 fully saturated rings. The molecule has 0 radical (unpaired) electrons. The van der Waals surface area contributed by atoms with E-state index in [0.717, 1.165) is 42.9 Å². The number of nitrogens with zero attached hydrogens (tertiary/aromatic N) is 5. The van der Waals surface area contributed by atoms with Gasteiger partial charge in [0.05, 0.1) is 30.4 Å². The number of pyridine rings is 1. The molecule has 0 unspecified atom stereocenters. The fourth-order valence-electron chi connectivity index (χ4n) is 4.33. The molecule has 2 aliphatic heterocycles. The maximum Gasteiger partial charge on any atom is 0.237 e. The van der Waals surface area contributed by atoms with Crippen LogP contribution < -0.4 is 5.32 Å². The van der Waals surface area contributed by atoms with Gasteiger partial charge in [-0.2, -0.15) is 5.10 Å². The van der Waals surface area contributed by atoms with Crippen LogP contribution in [0.1, 0.15) is 48.6 Å². The zero-order valence-electron chi connectivity index (χ0n) is 17.6. The molecule has 1 atom stereocenters. The Labute approximate surface area is 177 Å². The van der Waals surface area contributed by atoms with Crippen LogP contribution in [0, 0.1) is 0 Å². The minimum atomic E-state index is -0.466. The van der Waals surface area contributed by atoms with Crippen LogP contribution in [0.5, 0.6) is 0 Å². The highest BCUT2D eigenvalue weighted by molar-refractivity contribution is 5.86. The summed E-state index contributed by atoms with van der Waals surface area (Å²) in [5.74, 6) is -0.492. The van der Waals surface area contributed by atoms with Crippen molar-refractivity contribution in [1.29, 1.82) is 0 Å². The Morgan fingerprint density at radius 1 is 1.17 bits per heavy atom. The Morgan fingerprint density at radius 2 is 1.97 bits per heavy atom. The van der Waals surface area contributed by atoms with Gasteiger partial charge in [-0.25, -0.2) is 0 Å². The monoisotopic (exact) mass is 410 g/mol. The second kappa shape index (κ2) is 9.38. The summed E-state index contributed by atoms with van der Waals surface area (Å²) in [6.07, 6.45) is 8.41. The standard InChI is InChI=1S/C22H30N6O2/c1-26-13-17-14-28(20(29)16-27-10-6-2-3-7-11-27)15-19(21(17)25-26)22(30)24-12-18-8-4-5-9-23-18/h4-5,8-9,13,19H,2-3,6-7,10-12,14-16H2,1H3,(H,24,30)/t19-/m0/s1. The molecule has 0 aliphatic carbocycles. The van der Waals surface area contributed by atoms with Gasteiger partial charge in [0.15, 0.2) is 0 Å². The second-order valence-corrected chi connectivity index (χ2v) is 8.27. The highest BCUT2D eigenvalue weighted by Gasteiger charge is 2.35. The normalized spacial score (nSPS) is 19.8. The zero-order valence-corrected chi connectivity index (χ0v) is 17.6. The Kier molecular flexibility index (Phi) is 6.42. The summed E-state index contributed by atoms with van der Waals surface area (Å²) < 4.78 is 1.73. The molecule has 2 aromatic rings. The number of carbonyl (C=O) groups excluding carboxylic acids is 2. The fraction of sp³-hybridized carbons (Fsp3) is 0.545. The molecule has 8 nitrogen and oxygen atoms in total. The fourth-order valence-corrected chi connectivity index (χ4v) is 4.33. The molecule has 4 rings (SSSR count). The maximum absolute atomic E-state index is 13.1. The first-order valence-corrected chi connectivity index (χ1v) is 10.8. The van der Waals surface area contributed by atoms with E-state index in [2.05, 4.69) is 20.3 Å². The van der Waals surface area contributed by atoms with Crippen molar-refractivity contribution >= 4 is 11.8 Å². The van der Waals surface area contributed by atoms with E-state index in [1.165, 1.54) is 12.8 Å². The highest BCUT2D eigenvalue weighted by Crippen LogP contribution is 2.27. The number of amides is 2. The molecule has 1 saturated heterocycles. The summed E-state index contributed by atoms with van der Waals surface area (Å²) in [5.41, 5.74) is 2.53. The number of aromatic nitrogens is 3. The molecule has 160 valence electrons. The Balaban J connectivity index is 1.44. The third-order valence-corrected chi connectivity index (χ3v) is 5.93. The summed E-state index contributed by atoms with van der Waals surface area (Å²) in [5, 5.41) is 7.49. The molecular weight excluding hydrogens is 380 g/mol. The van der Waals surface area contributed by atoms with Crippen LogP contribution in [-0.2, 0) is 29.7 Å². The molecule has 1 N–H and O–H groups in total. The summed E-state index contributed by atoms with van der Waals surface area (Å²) in [7, 11) is 1.85. The van der Waals surface area contributed by atoms with Crippen molar-refractivity contribution in [2.75, 3.05) is 26.2 Å². The van der Waals surface area contributed by atoms with E-state index in [-0.39, 0.29) is 11.8 Å². The average Bonchev–Trinajstić information content (AvgIpc) is 2.95. The van der Waals surface area contributed by atoms with Gasteiger partial charge in [0.25, 0.3) is 0 Å². The number of hydrogen-bond acceptors (Lipinski definition) is 5. The predicted octanol–water partition coefficient (Wildman–Crippen LogP) is 1.43. The van der Waals surface area contributed by atoms with Crippen LogP contribution in [0.3, 0.4) is 0 Å². The smallest absolute Gasteiger partial charge is 0.237 e. The number of aryl methyl sites for hydroxylation is 1. The third kappa shape index (κ3) is 4.87. The van der Waals surface area contributed by atoms with E-state index < -0.39 is 5.92 Å². The van der Waals surface area contributed by atoms with Crippen molar-refractivity contribution in [3.63, 3.8) is 0 Å². The Morgan fingerprint density at radius 3 is 2.70 bits per heavy atom. The van der Waals surface area contributed by atoms with E-state index in [4.69, 9.17) is 0 Å². The Hall–Kier alpha value is -2.74.